The zero-order valence-electron chi connectivity index (χ0n) is 12.0. The summed E-state index contributed by atoms with van der Waals surface area (Å²) in [5.41, 5.74) is 1.10. The highest BCUT2D eigenvalue weighted by atomic mass is 35.5. The molecule has 0 saturated carbocycles. The lowest BCUT2D eigenvalue weighted by atomic mass is 9.96. The number of ether oxygens (including phenoxy) is 1. The molecule has 20 heavy (non-hydrogen) atoms. The van der Waals surface area contributed by atoms with Crippen LogP contribution in [0.5, 0.6) is 0 Å². The standard InChI is InChI=1S/C16H23Cl2NO/c1-2-8-19-15(16-5-3-4-9-20-16)11-12-10-13(17)6-7-14(12)18/h6-7,10,15-16,19H,2-5,8-9,11H2,1H3. The molecule has 2 unspecified atom stereocenters. The molecule has 1 aromatic carbocycles. The molecule has 1 fully saturated rings. The van der Waals surface area contributed by atoms with Gasteiger partial charge in [-0.05, 0) is 62.4 Å². The molecular formula is C16H23Cl2NO. The molecule has 4 heteroatoms. The molecular weight excluding hydrogens is 293 g/mol. The summed E-state index contributed by atoms with van der Waals surface area (Å²) in [5, 5.41) is 5.13. The van der Waals surface area contributed by atoms with Gasteiger partial charge in [-0.25, -0.2) is 0 Å². The molecule has 1 aromatic rings. The molecule has 0 amide bonds. The molecule has 2 rings (SSSR count). The van der Waals surface area contributed by atoms with Gasteiger partial charge >= 0.3 is 0 Å². The molecule has 2 atom stereocenters. The number of benzene rings is 1. The first-order valence-electron chi connectivity index (χ1n) is 7.49. The lowest BCUT2D eigenvalue weighted by Gasteiger charge is -2.31. The van der Waals surface area contributed by atoms with Gasteiger partial charge in [-0.3, -0.25) is 0 Å². The molecule has 0 aliphatic carbocycles. The van der Waals surface area contributed by atoms with Crippen LogP contribution in [0.3, 0.4) is 0 Å². The van der Waals surface area contributed by atoms with Crippen molar-refractivity contribution in [3.63, 3.8) is 0 Å². The van der Waals surface area contributed by atoms with Gasteiger partial charge < -0.3 is 10.1 Å². The lowest BCUT2D eigenvalue weighted by molar-refractivity contribution is -0.00737. The van der Waals surface area contributed by atoms with Crippen LogP contribution in [-0.2, 0) is 11.2 Å². The zero-order valence-corrected chi connectivity index (χ0v) is 13.5. The van der Waals surface area contributed by atoms with Crippen molar-refractivity contribution in [3.8, 4) is 0 Å². The highest BCUT2D eigenvalue weighted by Crippen LogP contribution is 2.25. The normalized spacial score (nSPS) is 20.9. The summed E-state index contributed by atoms with van der Waals surface area (Å²) in [6, 6.07) is 5.98. The van der Waals surface area contributed by atoms with Crippen molar-refractivity contribution in [2.75, 3.05) is 13.2 Å². The van der Waals surface area contributed by atoms with E-state index in [4.69, 9.17) is 27.9 Å². The Morgan fingerprint density at radius 3 is 2.90 bits per heavy atom. The van der Waals surface area contributed by atoms with E-state index in [1.54, 1.807) is 0 Å². The molecule has 2 nitrogen and oxygen atoms in total. The van der Waals surface area contributed by atoms with Crippen molar-refractivity contribution in [1.29, 1.82) is 0 Å². The van der Waals surface area contributed by atoms with E-state index in [2.05, 4.69) is 12.2 Å². The van der Waals surface area contributed by atoms with E-state index in [0.717, 1.165) is 48.0 Å². The first-order valence-corrected chi connectivity index (χ1v) is 8.25. The molecule has 112 valence electrons. The Bertz CT molecular complexity index is 419. The number of rotatable bonds is 6. The number of hydrogen-bond donors (Lipinski definition) is 1. The fourth-order valence-electron chi connectivity index (χ4n) is 2.68. The molecule has 1 aliphatic heterocycles. The molecule has 1 heterocycles. The van der Waals surface area contributed by atoms with Crippen molar-refractivity contribution in [2.24, 2.45) is 0 Å². The van der Waals surface area contributed by atoms with Gasteiger partial charge in [-0.15, -0.1) is 0 Å². The predicted molar refractivity (Wildman–Crippen MR) is 85.8 cm³/mol. The minimum Gasteiger partial charge on any atom is -0.377 e. The molecule has 0 bridgehead atoms. The molecule has 1 N–H and O–H groups in total. The second kappa shape index (κ2) is 8.23. The monoisotopic (exact) mass is 315 g/mol. The third kappa shape index (κ3) is 4.63. The van der Waals surface area contributed by atoms with Gasteiger partial charge in [0.05, 0.1) is 6.10 Å². The molecule has 0 spiro atoms. The van der Waals surface area contributed by atoms with Crippen LogP contribution < -0.4 is 5.32 Å². The number of hydrogen-bond acceptors (Lipinski definition) is 2. The predicted octanol–water partition coefficient (Wildman–Crippen LogP) is 4.47. The van der Waals surface area contributed by atoms with Crippen LogP contribution >= 0.6 is 23.2 Å². The van der Waals surface area contributed by atoms with Crippen molar-refractivity contribution in [3.05, 3.63) is 33.8 Å². The summed E-state index contributed by atoms with van der Waals surface area (Å²) in [4.78, 5) is 0. The molecule has 1 aliphatic rings. The summed E-state index contributed by atoms with van der Waals surface area (Å²) < 4.78 is 5.94. The van der Waals surface area contributed by atoms with Crippen LogP contribution in [0.1, 0.15) is 38.2 Å². The minimum absolute atomic E-state index is 0.283. The van der Waals surface area contributed by atoms with Gasteiger partial charge in [0, 0.05) is 22.7 Å². The van der Waals surface area contributed by atoms with E-state index >= 15 is 0 Å². The Hall–Kier alpha value is -0.280. The highest BCUT2D eigenvalue weighted by molar-refractivity contribution is 6.33. The first kappa shape index (κ1) is 16.1. The van der Waals surface area contributed by atoms with Crippen molar-refractivity contribution < 1.29 is 4.74 Å². The third-order valence-electron chi connectivity index (χ3n) is 3.77. The molecule has 1 saturated heterocycles. The topological polar surface area (TPSA) is 21.3 Å². The van der Waals surface area contributed by atoms with E-state index in [-0.39, 0.29) is 6.10 Å². The Morgan fingerprint density at radius 1 is 1.35 bits per heavy atom. The van der Waals surface area contributed by atoms with Gasteiger partial charge in [0.15, 0.2) is 0 Å². The lowest BCUT2D eigenvalue weighted by Crippen LogP contribution is -2.44. The van der Waals surface area contributed by atoms with Gasteiger partial charge in [0.25, 0.3) is 0 Å². The average molecular weight is 316 g/mol. The Morgan fingerprint density at radius 2 is 2.20 bits per heavy atom. The summed E-state index contributed by atoms with van der Waals surface area (Å²) >= 11 is 12.4. The van der Waals surface area contributed by atoms with Crippen molar-refractivity contribution >= 4 is 23.2 Å². The molecule has 0 radical (unpaired) electrons. The van der Waals surface area contributed by atoms with Crippen LogP contribution in [0.15, 0.2) is 18.2 Å². The van der Waals surface area contributed by atoms with Gasteiger partial charge in [-0.1, -0.05) is 30.1 Å². The van der Waals surface area contributed by atoms with E-state index < -0.39 is 0 Å². The smallest absolute Gasteiger partial charge is 0.0731 e. The Balaban J connectivity index is 2.07. The van der Waals surface area contributed by atoms with E-state index in [1.165, 1.54) is 12.8 Å². The first-order chi connectivity index (χ1) is 9.70. The summed E-state index contributed by atoms with van der Waals surface area (Å²) in [5.74, 6) is 0. The summed E-state index contributed by atoms with van der Waals surface area (Å²) in [6.07, 6.45) is 5.81. The maximum atomic E-state index is 6.29. The second-order valence-electron chi connectivity index (χ2n) is 5.41. The third-order valence-corrected chi connectivity index (χ3v) is 4.37. The van der Waals surface area contributed by atoms with E-state index in [0.29, 0.717) is 6.04 Å². The highest BCUT2D eigenvalue weighted by Gasteiger charge is 2.24. The molecule has 0 aromatic heterocycles. The second-order valence-corrected chi connectivity index (χ2v) is 6.25. The van der Waals surface area contributed by atoms with E-state index in [9.17, 15) is 0 Å². The fourth-order valence-corrected chi connectivity index (χ4v) is 3.07. The SMILES string of the molecule is CCCNC(Cc1cc(Cl)ccc1Cl)C1CCCCO1. The summed E-state index contributed by atoms with van der Waals surface area (Å²) in [7, 11) is 0. The van der Waals surface area contributed by atoms with Gasteiger partial charge in [-0.2, -0.15) is 0 Å². The zero-order chi connectivity index (χ0) is 14.4. The van der Waals surface area contributed by atoms with Crippen LogP contribution in [0.2, 0.25) is 10.0 Å². The van der Waals surface area contributed by atoms with E-state index in [1.807, 2.05) is 18.2 Å². The van der Waals surface area contributed by atoms with Gasteiger partial charge in [0.2, 0.25) is 0 Å². The number of nitrogens with one attached hydrogen (secondary N) is 1. The fraction of sp³-hybridized carbons (Fsp3) is 0.625. The summed E-state index contributed by atoms with van der Waals surface area (Å²) in [6.45, 7) is 4.05. The minimum atomic E-state index is 0.283. The van der Waals surface area contributed by atoms with Crippen LogP contribution in [0.25, 0.3) is 0 Å². The largest absolute Gasteiger partial charge is 0.377 e. The van der Waals surface area contributed by atoms with Crippen molar-refractivity contribution in [1.82, 2.24) is 5.32 Å². The average Bonchev–Trinajstić information content (AvgIpc) is 2.48. The van der Waals surface area contributed by atoms with Crippen LogP contribution in [-0.4, -0.2) is 25.3 Å². The van der Waals surface area contributed by atoms with Crippen molar-refractivity contribution in [2.45, 2.75) is 51.2 Å². The Labute approximate surface area is 131 Å². The Kier molecular flexibility index (Phi) is 6.63. The number of halogens is 2. The quantitative estimate of drug-likeness (QED) is 0.836. The maximum absolute atomic E-state index is 6.29. The van der Waals surface area contributed by atoms with Crippen LogP contribution in [0, 0.1) is 0 Å². The maximum Gasteiger partial charge on any atom is 0.0731 e. The van der Waals surface area contributed by atoms with Crippen LogP contribution in [0.4, 0.5) is 0 Å². The van der Waals surface area contributed by atoms with Gasteiger partial charge in [0.1, 0.15) is 0 Å².